The molecule has 2 aromatic rings. The first-order chi connectivity index (χ1) is 16.1. The molecule has 11 heteroatoms. The van der Waals surface area contributed by atoms with Crippen molar-refractivity contribution >= 4 is 33.6 Å². The minimum atomic E-state index is -4.71. The van der Waals surface area contributed by atoms with Crippen molar-refractivity contribution in [3.05, 3.63) is 86.8 Å². The topological polar surface area (TPSA) is 106 Å². The Labute approximate surface area is 201 Å². The SMILES string of the molecule is COC(=O)C1=C(C(=O)OC)N(c2cc(C(F)(F)F)ccc2Br)C(N)=C(C#N)C1c1ccccc1. The molecule has 176 valence electrons. The summed E-state index contributed by atoms with van der Waals surface area (Å²) in [4.78, 5) is 26.8. The van der Waals surface area contributed by atoms with E-state index in [1.807, 2.05) is 6.07 Å². The third-order valence-corrected chi connectivity index (χ3v) is 5.80. The van der Waals surface area contributed by atoms with Crippen LogP contribution >= 0.6 is 15.9 Å². The largest absolute Gasteiger partial charge is 0.466 e. The van der Waals surface area contributed by atoms with Gasteiger partial charge in [-0.15, -0.1) is 0 Å². The van der Waals surface area contributed by atoms with E-state index in [4.69, 9.17) is 15.2 Å². The van der Waals surface area contributed by atoms with Gasteiger partial charge in [-0.1, -0.05) is 30.3 Å². The Balaban J connectivity index is 2.45. The van der Waals surface area contributed by atoms with Gasteiger partial charge >= 0.3 is 18.1 Å². The second-order valence-corrected chi connectivity index (χ2v) is 7.85. The first kappa shape index (κ1) is 24.9. The van der Waals surface area contributed by atoms with Crippen LogP contribution in [0, 0.1) is 11.3 Å². The average Bonchev–Trinajstić information content (AvgIpc) is 2.82. The van der Waals surface area contributed by atoms with Crippen molar-refractivity contribution in [2.45, 2.75) is 12.1 Å². The smallest absolute Gasteiger partial charge is 0.416 e. The average molecular weight is 536 g/mol. The van der Waals surface area contributed by atoms with E-state index in [2.05, 4.69) is 15.9 Å². The van der Waals surface area contributed by atoms with E-state index in [0.29, 0.717) is 5.56 Å². The van der Waals surface area contributed by atoms with E-state index in [1.54, 1.807) is 30.3 Å². The van der Waals surface area contributed by atoms with Gasteiger partial charge in [0, 0.05) is 4.47 Å². The highest BCUT2D eigenvalue weighted by atomic mass is 79.9. The number of alkyl halides is 3. The molecule has 7 nitrogen and oxygen atoms in total. The van der Waals surface area contributed by atoms with Gasteiger partial charge in [-0.05, 0) is 39.7 Å². The lowest BCUT2D eigenvalue weighted by atomic mass is 9.81. The van der Waals surface area contributed by atoms with Gasteiger partial charge in [-0.3, -0.25) is 4.90 Å². The number of nitriles is 1. The number of hydrogen-bond acceptors (Lipinski definition) is 7. The normalized spacial score (nSPS) is 16.3. The Kier molecular flexibility index (Phi) is 7.02. The summed E-state index contributed by atoms with van der Waals surface area (Å²) in [7, 11) is 2.12. The molecular weight excluding hydrogens is 519 g/mol. The molecule has 0 aliphatic carbocycles. The molecule has 0 saturated carbocycles. The molecule has 1 aliphatic heterocycles. The maximum absolute atomic E-state index is 13.5. The van der Waals surface area contributed by atoms with Crippen molar-refractivity contribution in [3.8, 4) is 6.07 Å². The standard InChI is InChI=1S/C23H17BrF3N3O4/c1-33-21(31)18-17(12-6-4-3-5-7-12)14(11-28)20(29)30(19(18)22(32)34-2)16-10-13(23(25,26)27)8-9-15(16)24/h3-10,17H,29H2,1-2H3. The lowest BCUT2D eigenvalue weighted by Gasteiger charge is -2.36. The van der Waals surface area contributed by atoms with E-state index in [1.165, 1.54) is 0 Å². The van der Waals surface area contributed by atoms with Crippen LogP contribution in [0.2, 0.25) is 0 Å². The molecule has 0 bridgehead atoms. The molecule has 2 aromatic carbocycles. The van der Waals surface area contributed by atoms with Crippen LogP contribution in [0.25, 0.3) is 0 Å². The Morgan fingerprint density at radius 3 is 2.24 bits per heavy atom. The molecule has 0 radical (unpaired) electrons. The van der Waals surface area contributed by atoms with Gasteiger partial charge in [0.15, 0.2) is 0 Å². The highest BCUT2D eigenvalue weighted by molar-refractivity contribution is 9.10. The number of halogens is 4. The van der Waals surface area contributed by atoms with E-state index >= 15 is 0 Å². The van der Waals surface area contributed by atoms with Gasteiger partial charge in [0.25, 0.3) is 0 Å². The molecule has 3 rings (SSSR count). The summed E-state index contributed by atoms with van der Waals surface area (Å²) in [5.74, 6) is -3.52. The fourth-order valence-corrected chi connectivity index (χ4v) is 4.05. The monoisotopic (exact) mass is 535 g/mol. The third kappa shape index (κ3) is 4.36. The highest BCUT2D eigenvalue weighted by Gasteiger charge is 2.44. The van der Waals surface area contributed by atoms with Crippen molar-refractivity contribution in [1.29, 1.82) is 5.26 Å². The van der Waals surface area contributed by atoms with Crippen LogP contribution in [0.5, 0.6) is 0 Å². The summed E-state index contributed by atoms with van der Waals surface area (Å²) in [5, 5.41) is 9.97. The van der Waals surface area contributed by atoms with Crippen molar-refractivity contribution in [2.24, 2.45) is 5.73 Å². The van der Waals surface area contributed by atoms with Gasteiger partial charge in [-0.25, -0.2) is 9.59 Å². The number of anilines is 1. The zero-order valence-electron chi connectivity index (χ0n) is 17.8. The van der Waals surface area contributed by atoms with Crippen LogP contribution in [0.4, 0.5) is 18.9 Å². The molecule has 1 unspecified atom stereocenters. The number of carbonyl (C=O) groups excluding carboxylic acids is 2. The van der Waals surface area contributed by atoms with Gasteiger partial charge in [0.1, 0.15) is 11.5 Å². The van der Waals surface area contributed by atoms with Gasteiger partial charge in [0.2, 0.25) is 0 Å². The van der Waals surface area contributed by atoms with Crippen LogP contribution in [-0.2, 0) is 25.2 Å². The van der Waals surface area contributed by atoms with E-state index in [-0.39, 0.29) is 27.1 Å². The zero-order valence-corrected chi connectivity index (χ0v) is 19.4. The maximum Gasteiger partial charge on any atom is 0.416 e. The van der Waals surface area contributed by atoms with E-state index < -0.39 is 35.3 Å². The van der Waals surface area contributed by atoms with Crippen molar-refractivity contribution in [1.82, 2.24) is 0 Å². The van der Waals surface area contributed by atoms with Crippen molar-refractivity contribution in [2.75, 3.05) is 19.1 Å². The number of allylic oxidation sites excluding steroid dienone is 1. The molecule has 0 saturated heterocycles. The fourth-order valence-electron chi connectivity index (χ4n) is 3.62. The lowest BCUT2D eigenvalue weighted by Crippen LogP contribution is -2.41. The van der Waals surface area contributed by atoms with Crippen LogP contribution < -0.4 is 10.6 Å². The molecule has 34 heavy (non-hydrogen) atoms. The second kappa shape index (κ2) is 9.61. The summed E-state index contributed by atoms with van der Waals surface area (Å²) >= 11 is 3.17. The summed E-state index contributed by atoms with van der Waals surface area (Å²) in [6.07, 6.45) is -4.71. The number of benzene rings is 2. The minimum absolute atomic E-state index is 0.115. The van der Waals surface area contributed by atoms with Gasteiger partial charge in [-0.2, -0.15) is 18.4 Å². The number of esters is 2. The molecular formula is C23H17BrF3N3O4. The Morgan fingerprint density at radius 2 is 1.71 bits per heavy atom. The predicted molar refractivity (Wildman–Crippen MR) is 119 cm³/mol. The molecule has 2 N–H and O–H groups in total. The zero-order chi connectivity index (χ0) is 25.2. The van der Waals surface area contributed by atoms with Crippen molar-refractivity contribution < 1.29 is 32.2 Å². The molecule has 0 fully saturated rings. The van der Waals surface area contributed by atoms with Gasteiger partial charge < -0.3 is 15.2 Å². The number of hydrogen-bond donors (Lipinski definition) is 1. The Hall–Kier alpha value is -3.78. The van der Waals surface area contributed by atoms with E-state index in [9.17, 15) is 28.0 Å². The van der Waals surface area contributed by atoms with Crippen LogP contribution in [0.3, 0.4) is 0 Å². The number of nitrogens with two attached hydrogens (primary N) is 1. The first-order valence-electron chi connectivity index (χ1n) is 9.59. The molecule has 1 heterocycles. The Morgan fingerprint density at radius 1 is 1.09 bits per heavy atom. The first-order valence-corrected chi connectivity index (χ1v) is 10.4. The van der Waals surface area contributed by atoms with Crippen LogP contribution in [0.15, 0.2) is 75.7 Å². The summed E-state index contributed by atoms with van der Waals surface area (Å²) in [6, 6.07) is 12.9. The lowest BCUT2D eigenvalue weighted by molar-refractivity contribution is -0.139. The maximum atomic E-state index is 13.5. The molecule has 1 aliphatic rings. The molecule has 0 amide bonds. The fraction of sp³-hybridized carbons (Fsp3) is 0.174. The number of carbonyl (C=O) groups is 2. The van der Waals surface area contributed by atoms with E-state index in [0.717, 1.165) is 37.3 Å². The third-order valence-electron chi connectivity index (χ3n) is 5.12. The quantitative estimate of drug-likeness (QED) is 0.579. The summed E-state index contributed by atoms with van der Waals surface area (Å²) in [6.45, 7) is 0. The second-order valence-electron chi connectivity index (χ2n) is 7.00. The Bertz CT molecular complexity index is 1250. The number of ether oxygens (including phenoxy) is 2. The van der Waals surface area contributed by atoms with Crippen LogP contribution in [-0.4, -0.2) is 26.2 Å². The number of nitrogens with zero attached hydrogens (tertiary/aromatic N) is 2. The molecule has 1 atom stereocenters. The summed E-state index contributed by atoms with van der Waals surface area (Å²) < 4.78 is 50.3. The van der Waals surface area contributed by atoms with Crippen molar-refractivity contribution in [3.63, 3.8) is 0 Å². The van der Waals surface area contributed by atoms with Gasteiger partial charge in [0.05, 0.1) is 48.6 Å². The number of methoxy groups -OCH3 is 2. The predicted octanol–water partition coefficient (Wildman–Crippen LogP) is 4.37. The molecule has 0 spiro atoms. The minimum Gasteiger partial charge on any atom is -0.466 e. The molecule has 0 aromatic heterocycles. The van der Waals surface area contributed by atoms with Crippen LogP contribution in [0.1, 0.15) is 17.0 Å². The number of rotatable bonds is 4. The summed E-state index contributed by atoms with van der Waals surface area (Å²) in [5.41, 5.74) is 4.52. The highest BCUT2D eigenvalue weighted by Crippen LogP contribution is 2.45.